The Kier molecular flexibility index (Phi) is 3.75. The number of aromatic nitrogens is 1. The first-order valence-electron chi connectivity index (χ1n) is 6.24. The molecule has 0 unspecified atom stereocenters. The van der Waals surface area contributed by atoms with Crippen molar-refractivity contribution in [2.24, 2.45) is 5.92 Å². The monoisotopic (exact) mass is 339 g/mol. The zero-order valence-corrected chi connectivity index (χ0v) is 13.0. The second-order valence-corrected chi connectivity index (χ2v) is 7.04. The molecule has 19 heavy (non-hydrogen) atoms. The standard InChI is InChI=1S/C14H14BrNO2S/c1-9-11(17-8-10-5-6-10)3-2-4-12(9)18-14-16-7-13(15)19-14/h2-4,7,10H,5-6,8H2,1H3. The molecular weight excluding hydrogens is 326 g/mol. The second kappa shape index (κ2) is 5.51. The highest BCUT2D eigenvalue weighted by atomic mass is 79.9. The molecule has 0 aliphatic heterocycles. The fourth-order valence-corrected chi connectivity index (χ4v) is 2.76. The van der Waals surface area contributed by atoms with Crippen molar-refractivity contribution in [2.75, 3.05) is 6.61 Å². The molecule has 1 fully saturated rings. The van der Waals surface area contributed by atoms with Crippen LogP contribution in [-0.2, 0) is 0 Å². The summed E-state index contributed by atoms with van der Waals surface area (Å²) in [4.78, 5) is 4.17. The van der Waals surface area contributed by atoms with Crippen molar-refractivity contribution in [1.82, 2.24) is 4.98 Å². The Bertz CT molecular complexity index is 581. The van der Waals surface area contributed by atoms with Crippen molar-refractivity contribution < 1.29 is 9.47 Å². The van der Waals surface area contributed by atoms with Crippen molar-refractivity contribution in [1.29, 1.82) is 0 Å². The molecule has 0 bridgehead atoms. The molecule has 3 rings (SSSR count). The van der Waals surface area contributed by atoms with Gasteiger partial charge in [0.25, 0.3) is 5.19 Å². The summed E-state index contributed by atoms with van der Waals surface area (Å²) in [6, 6.07) is 5.88. The van der Waals surface area contributed by atoms with Crippen molar-refractivity contribution in [3.63, 3.8) is 0 Å². The SMILES string of the molecule is Cc1c(OCC2CC2)cccc1Oc1ncc(Br)s1. The largest absolute Gasteiger partial charge is 0.493 e. The van der Waals surface area contributed by atoms with E-state index in [4.69, 9.17) is 9.47 Å². The van der Waals surface area contributed by atoms with Crippen molar-refractivity contribution in [3.05, 3.63) is 33.7 Å². The number of rotatable bonds is 5. The molecule has 0 radical (unpaired) electrons. The van der Waals surface area contributed by atoms with E-state index in [2.05, 4.69) is 20.9 Å². The van der Waals surface area contributed by atoms with E-state index in [1.807, 2.05) is 25.1 Å². The second-order valence-electron chi connectivity index (χ2n) is 4.67. The maximum absolute atomic E-state index is 5.84. The van der Waals surface area contributed by atoms with E-state index in [9.17, 15) is 0 Å². The number of benzene rings is 1. The molecule has 5 heteroatoms. The molecule has 100 valence electrons. The Morgan fingerprint density at radius 3 is 2.84 bits per heavy atom. The molecule has 1 heterocycles. The number of halogens is 1. The highest BCUT2D eigenvalue weighted by molar-refractivity contribution is 9.11. The number of nitrogens with zero attached hydrogens (tertiary/aromatic N) is 1. The number of hydrogen-bond donors (Lipinski definition) is 0. The molecule has 3 nitrogen and oxygen atoms in total. The summed E-state index contributed by atoms with van der Waals surface area (Å²) in [5.41, 5.74) is 1.02. The Balaban J connectivity index is 1.74. The van der Waals surface area contributed by atoms with Crippen LogP contribution in [0.15, 0.2) is 28.2 Å². The Hall–Kier alpha value is -1.07. The molecule has 0 saturated heterocycles. The third-order valence-corrected chi connectivity index (χ3v) is 4.41. The fraction of sp³-hybridized carbons (Fsp3) is 0.357. The van der Waals surface area contributed by atoms with Crippen LogP contribution in [0, 0.1) is 12.8 Å². The average molecular weight is 340 g/mol. The summed E-state index contributed by atoms with van der Waals surface area (Å²) in [6.07, 6.45) is 4.33. The Labute approximate surface area is 124 Å². The van der Waals surface area contributed by atoms with E-state index in [0.717, 1.165) is 33.4 Å². The van der Waals surface area contributed by atoms with Crippen LogP contribution in [-0.4, -0.2) is 11.6 Å². The minimum Gasteiger partial charge on any atom is -0.493 e. The predicted octanol–water partition coefficient (Wildman–Crippen LogP) is 4.80. The Morgan fingerprint density at radius 2 is 2.16 bits per heavy atom. The van der Waals surface area contributed by atoms with Gasteiger partial charge in [0.05, 0.1) is 16.6 Å². The van der Waals surface area contributed by atoms with E-state index in [-0.39, 0.29) is 0 Å². The maximum atomic E-state index is 5.84. The van der Waals surface area contributed by atoms with Crippen LogP contribution >= 0.6 is 27.3 Å². The predicted molar refractivity (Wildman–Crippen MR) is 79.3 cm³/mol. The lowest BCUT2D eigenvalue weighted by molar-refractivity contribution is 0.296. The first kappa shape index (κ1) is 12.9. The number of thiazole rings is 1. The van der Waals surface area contributed by atoms with Crippen LogP contribution in [0.25, 0.3) is 0 Å². The van der Waals surface area contributed by atoms with E-state index >= 15 is 0 Å². The lowest BCUT2D eigenvalue weighted by Gasteiger charge is -2.11. The topological polar surface area (TPSA) is 31.4 Å². The van der Waals surface area contributed by atoms with Gasteiger partial charge in [0.1, 0.15) is 11.5 Å². The minimum atomic E-state index is 0.634. The normalized spacial score (nSPS) is 14.4. The van der Waals surface area contributed by atoms with Crippen LogP contribution in [0.3, 0.4) is 0 Å². The summed E-state index contributed by atoms with van der Waals surface area (Å²) in [5.74, 6) is 2.45. The van der Waals surface area contributed by atoms with Gasteiger partial charge in [0, 0.05) is 5.56 Å². The first-order valence-corrected chi connectivity index (χ1v) is 7.85. The van der Waals surface area contributed by atoms with E-state index < -0.39 is 0 Å². The number of hydrogen-bond acceptors (Lipinski definition) is 4. The fourth-order valence-electron chi connectivity index (χ4n) is 1.73. The highest BCUT2D eigenvalue weighted by Crippen LogP contribution is 2.35. The highest BCUT2D eigenvalue weighted by Gasteiger charge is 2.22. The third-order valence-electron chi connectivity index (χ3n) is 3.06. The van der Waals surface area contributed by atoms with Crippen LogP contribution in [0.5, 0.6) is 16.7 Å². The molecule has 1 aromatic carbocycles. The molecule has 1 aliphatic carbocycles. The van der Waals surface area contributed by atoms with Crippen molar-refractivity contribution >= 4 is 27.3 Å². The number of ether oxygens (including phenoxy) is 2. The van der Waals surface area contributed by atoms with Gasteiger partial charge in [-0.2, -0.15) is 0 Å². The third kappa shape index (κ3) is 3.28. The van der Waals surface area contributed by atoms with Crippen LogP contribution in [0.2, 0.25) is 0 Å². The quantitative estimate of drug-likeness (QED) is 0.784. The zero-order valence-electron chi connectivity index (χ0n) is 10.6. The first-order chi connectivity index (χ1) is 9.22. The smallest absolute Gasteiger partial charge is 0.279 e. The van der Waals surface area contributed by atoms with Crippen LogP contribution in [0.1, 0.15) is 18.4 Å². The van der Waals surface area contributed by atoms with E-state index in [0.29, 0.717) is 5.19 Å². The van der Waals surface area contributed by atoms with Crippen LogP contribution < -0.4 is 9.47 Å². The average Bonchev–Trinajstić information content (AvgIpc) is 3.13. The molecule has 0 spiro atoms. The summed E-state index contributed by atoms with van der Waals surface area (Å²) in [5, 5.41) is 0.634. The molecule has 1 saturated carbocycles. The molecule has 0 N–H and O–H groups in total. The molecule has 1 aromatic heterocycles. The minimum absolute atomic E-state index is 0.634. The van der Waals surface area contributed by atoms with Gasteiger partial charge >= 0.3 is 0 Å². The van der Waals surface area contributed by atoms with Crippen LogP contribution in [0.4, 0.5) is 0 Å². The van der Waals surface area contributed by atoms with Gasteiger partial charge in [-0.15, -0.1) is 0 Å². The summed E-state index contributed by atoms with van der Waals surface area (Å²) >= 11 is 4.85. The summed E-state index contributed by atoms with van der Waals surface area (Å²) < 4.78 is 12.6. The van der Waals surface area contributed by atoms with Gasteiger partial charge in [-0.3, -0.25) is 0 Å². The summed E-state index contributed by atoms with van der Waals surface area (Å²) in [6.45, 7) is 2.83. The summed E-state index contributed by atoms with van der Waals surface area (Å²) in [7, 11) is 0. The van der Waals surface area contributed by atoms with Crippen molar-refractivity contribution in [3.8, 4) is 16.7 Å². The van der Waals surface area contributed by atoms with Gasteiger partial charge in [-0.05, 0) is 53.7 Å². The molecule has 0 atom stereocenters. The molecule has 0 amide bonds. The van der Waals surface area contributed by atoms with E-state index in [1.165, 1.54) is 24.2 Å². The van der Waals surface area contributed by atoms with Gasteiger partial charge in [-0.1, -0.05) is 17.4 Å². The Morgan fingerprint density at radius 1 is 1.37 bits per heavy atom. The zero-order chi connectivity index (χ0) is 13.2. The molecule has 1 aliphatic rings. The maximum Gasteiger partial charge on any atom is 0.279 e. The van der Waals surface area contributed by atoms with Gasteiger partial charge in [-0.25, -0.2) is 4.98 Å². The van der Waals surface area contributed by atoms with Gasteiger partial charge < -0.3 is 9.47 Å². The molecule has 2 aromatic rings. The van der Waals surface area contributed by atoms with Crippen molar-refractivity contribution in [2.45, 2.75) is 19.8 Å². The van der Waals surface area contributed by atoms with Gasteiger partial charge in [0.2, 0.25) is 0 Å². The molecular formula is C14H14BrNO2S. The van der Waals surface area contributed by atoms with E-state index in [1.54, 1.807) is 6.20 Å². The van der Waals surface area contributed by atoms with Gasteiger partial charge in [0.15, 0.2) is 0 Å². The lowest BCUT2D eigenvalue weighted by Crippen LogP contribution is -2.01. The lowest BCUT2D eigenvalue weighted by atomic mass is 10.2.